The molecule has 0 aliphatic rings. The van der Waals surface area contributed by atoms with Gasteiger partial charge >= 0.3 is 5.97 Å². The lowest BCUT2D eigenvalue weighted by molar-refractivity contribution is -0.148. The van der Waals surface area contributed by atoms with Crippen molar-refractivity contribution in [1.82, 2.24) is 4.90 Å². The molecule has 0 aliphatic carbocycles. The molecule has 0 unspecified atom stereocenters. The van der Waals surface area contributed by atoms with Gasteiger partial charge in [0.05, 0.1) is 11.4 Å². The maximum absolute atomic E-state index is 11.9. The monoisotopic (exact) mass is 279 g/mol. The summed E-state index contributed by atoms with van der Waals surface area (Å²) in [7, 11) is 1.31. The molecule has 0 aromatic heterocycles. The van der Waals surface area contributed by atoms with Crippen molar-refractivity contribution < 1.29 is 14.3 Å². The van der Waals surface area contributed by atoms with Gasteiger partial charge in [0, 0.05) is 6.04 Å². The van der Waals surface area contributed by atoms with E-state index in [0.29, 0.717) is 0 Å². The summed E-state index contributed by atoms with van der Waals surface area (Å²) in [6.45, 7) is 7.21. The zero-order valence-electron chi connectivity index (χ0n) is 9.83. The van der Waals surface area contributed by atoms with Crippen molar-refractivity contribution >= 4 is 27.8 Å². The predicted molar refractivity (Wildman–Crippen MR) is 61.9 cm³/mol. The second-order valence-electron chi connectivity index (χ2n) is 4.08. The fourth-order valence-electron chi connectivity index (χ4n) is 1.03. The molecule has 0 radical (unpaired) electrons. The van der Waals surface area contributed by atoms with Gasteiger partial charge < -0.3 is 9.64 Å². The van der Waals surface area contributed by atoms with Crippen molar-refractivity contribution in [1.29, 1.82) is 0 Å². The first kappa shape index (κ1) is 14.4. The van der Waals surface area contributed by atoms with Crippen molar-refractivity contribution in [3.8, 4) is 0 Å². The highest BCUT2D eigenvalue weighted by molar-refractivity contribution is 9.10. The largest absolute Gasteiger partial charge is 0.468 e. The number of ether oxygens (including phenoxy) is 1. The summed E-state index contributed by atoms with van der Waals surface area (Å²) < 4.78 is 3.88. The summed E-state index contributed by atoms with van der Waals surface area (Å²) in [5, 5.41) is 0. The molecule has 0 N–H and O–H groups in total. The van der Waals surface area contributed by atoms with Crippen LogP contribution in [0.3, 0.4) is 0 Å². The van der Waals surface area contributed by atoms with Crippen molar-refractivity contribution in [3.05, 3.63) is 0 Å². The van der Waals surface area contributed by atoms with Crippen LogP contribution in [0.2, 0.25) is 0 Å². The first-order valence-corrected chi connectivity index (χ1v) is 5.56. The normalized spacial score (nSPS) is 11.4. The van der Waals surface area contributed by atoms with Gasteiger partial charge in [0.1, 0.15) is 6.54 Å². The minimum atomic E-state index is -0.661. The van der Waals surface area contributed by atoms with Crippen LogP contribution in [0.4, 0.5) is 0 Å². The Morgan fingerprint density at radius 3 is 2.13 bits per heavy atom. The molecule has 0 rings (SSSR count). The third-order valence-corrected chi connectivity index (χ3v) is 2.26. The quantitative estimate of drug-likeness (QED) is 0.580. The molecule has 0 heterocycles. The first-order chi connectivity index (χ1) is 6.70. The molecular formula is C10H18BrNO3. The Morgan fingerprint density at radius 1 is 1.40 bits per heavy atom. The molecule has 0 aromatic carbocycles. The van der Waals surface area contributed by atoms with Crippen LogP contribution in [0.5, 0.6) is 0 Å². The molecule has 5 heteroatoms. The van der Waals surface area contributed by atoms with Gasteiger partial charge in [-0.2, -0.15) is 0 Å². The average Bonchev–Trinajstić information content (AvgIpc) is 2.10. The molecule has 4 nitrogen and oxygen atoms in total. The van der Waals surface area contributed by atoms with Crippen molar-refractivity contribution in [2.75, 3.05) is 13.7 Å². The number of esters is 1. The smallest absolute Gasteiger partial charge is 0.325 e. The molecule has 15 heavy (non-hydrogen) atoms. The minimum absolute atomic E-state index is 0.0119. The van der Waals surface area contributed by atoms with E-state index < -0.39 is 10.3 Å². The van der Waals surface area contributed by atoms with Gasteiger partial charge in [0.25, 0.3) is 0 Å². The Balaban J connectivity index is 4.68. The molecule has 0 saturated heterocycles. The van der Waals surface area contributed by atoms with Gasteiger partial charge in [-0.15, -0.1) is 0 Å². The van der Waals surface area contributed by atoms with Gasteiger partial charge in [0.2, 0.25) is 5.91 Å². The zero-order chi connectivity index (χ0) is 12.2. The number of carbonyl (C=O) groups excluding carboxylic acids is 2. The van der Waals surface area contributed by atoms with E-state index in [1.54, 1.807) is 13.8 Å². The number of hydrogen-bond donors (Lipinski definition) is 0. The van der Waals surface area contributed by atoms with Crippen LogP contribution in [0.1, 0.15) is 27.7 Å². The van der Waals surface area contributed by atoms with Gasteiger partial charge in [0.15, 0.2) is 0 Å². The van der Waals surface area contributed by atoms with E-state index in [-0.39, 0.29) is 18.5 Å². The van der Waals surface area contributed by atoms with Crippen LogP contribution in [-0.4, -0.2) is 40.8 Å². The number of halogens is 1. The second kappa shape index (κ2) is 5.49. The molecule has 0 atom stereocenters. The van der Waals surface area contributed by atoms with Crippen molar-refractivity contribution in [2.24, 2.45) is 0 Å². The summed E-state index contributed by atoms with van der Waals surface area (Å²) in [6, 6.07) is -0.0339. The minimum Gasteiger partial charge on any atom is -0.468 e. The van der Waals surface area contributed by atoms with E-state index in [9.17, 15) is 9.59 Å². The third-order valence-electron chi connectivity index (χ3n) is 1.92. The maximum atomic E-state index is 11.9. The number of rotatable bonds is 4. The topological polar surface area (TPSA) is 46.6 Å². The molecule has 0 fully saturated rings. The molecule has 0 spiro atoms. The maximum Gasteiger partial charge on any atom is 0.325 e. The first-order valence-electron chi connectivity index (χ1n) is 4.77. The molecule has 0 saturated carbocycles. The van der Waals surface area contributed by atoms with E-state index in [4.69, 9.17) is 0 Å². The third kappa shape index (κ3) is 4.64. The van der Waals surface area contributed by atoms with Gasteiger partial charge in [-0.1, -0.05) is 15.9 Å². The second-order valence-corrected chi connectivity index (χ2v) is 6.06. The predicted octanol–water partition coefficient (Wildman–Crippen LogP) is 1.57. The lowest BCUT2D eigenvalue weighted by Gasteiger charge is -2.30. The molecule has 0 bridgehead atoms. The number of amides is 1. The Kier molecular flexibility index (Phi) is 5.28. The highest BCUT2D eigenvalue weighted by atomic mass is 79.9. The molecule has 0 aromatic rings. The zero-order valence-corrected chi connectivity index (χ0v) is 11.4. The van der Waals surface area contributed by atoms with E-state index in [0.717, 1.165) is 0 Å². The van der Waals surface area contributed by atoms with Crippen molar-refractivity contribution in [3.63, 3.8) is 0 Å². The number of methoxy groups -OCH3 is 1. The molecule has 88 valence electrons. The Labute approximate surface area is 99.1 Å². The Bertz CT molecular complexity index is 246. The van der Waals surface area contributed by atoms with Gasteiger partial charge in [-0.25, -0.2) is 0 Å². The SMILES string of the molecule is COC(=O)CN(C(=O)C(C)(C)Br)C(C)C. The summed E-state index contributed by atoms with van der Waals surface area (Å²) in [5.74, 6) is -0.531. The van der Waals surface area contributed by atoms with E-state index in [1.165, 1.54) is 12.0 Å². The summed E-state index contributed by atoms with van der Waals surface area (Å²) in [6.07, 6.45) is 0. The summed E-state index contributed by atoms with van der Waals surface area (Å²) in [4.78, 5) is 24.5. The number of carbonyl (C=O) groups is 2. The summed E-state index contributed by atoms with van der Waals surface area (Å²) >= 11 is 3.28. The highest BCUT2D eigenvalue weighted by Gasteiger charge is 2.31. The van der Waals surface area contributed by atoms with Gasteiger partial charge in [-0.05, 0) is 27.7 Å². The fraction of sp³-hybridized carbons (Fsp3) is 0.800. The molecule has 0 aliphatic heterocycles. The highest BCUT2D eigenvalue weighted by Crippen LogP contribution is 2.20. The average molecular weight is 280 g/mol. The van der Waals surface area contributed by atoms with Crippen LogP contribution < -0.4 is 0 Å². The van der Waals surface area contributed by atoms with E-state index >= 15 is 0 Å². The van der Waals surface area contributed by atoms with Crippen LogP contribution in [0, 0.1) is 0 Å². The van der Waals surface area contributed by atoms with E-state index in [2.05, 4.69) is 20.7 Å². The van der Waals surface area contributed by atoms with Gasteiger partial charge in [-0.3, -0.25) is 9.59 Å². The number of nitrogens with zero attached hydrogens (tertiary/aromatic N) is 1. The van der Waals surface area contributed by atoms with Crippen LogP contribution >= 0.6 is 15.9 Å². The van der Waals surface area contributed by atoms with E-state index in [1.807, 2.05) is 13.8 Å². The van der Waals surface area contributed by atoms with Crippen LogP contribution in [0.15, 0.2) is 0 Å². The lowest BCUT2D eigenvalue weighted by Crippen LogP contribution is -2.47. The Hall–Kier alpha value is -0.580. The number of alkyl halides is 1. The summed E-state index contributed by atoms with van der Waals surface area (Å²) in [5.41, 5.74) is 0. The van der Waals surface area contributed by atoms with Crippen LogP contribution in [-0.2, 0) is 14.3 Å². The van der Waals surface area contributed by atoms with Crippen LogP contribution in [0.25, 0.3) is 0 Å². The fourth-order valence-corrected chi connectivity index (χ4v) is 1.26. The standard InChI is InChI=1S/C10H18BrNO3/c1-7(2)12(6-8(13)15-5)9(14)10(3,4)11/h7H,6H2,1-5H3. The lowest BCUT2D eigenvalue weighted by atomic mass is 10.1. The Morgan fingerprint density at radius 2 is 1.87 bits per heavy atom. The molecular weight excluding hydrogens is 262 g/mol. The number of hydrogen-bond acceptors (Lipinski definition) is 3. The molecule has 1 amide bonds. The van der Waals surface area contributed by atoms with Crippen molar-refractivity contribution in [2.45, 2.75) is 38.1 Å².